The van der Waals surface area contributed by atoms with Crippen molar-refractivity contribution in [1.82, 2.24) is 9.13 Å². The van der Waals surface area contributed by atoms with Crippen LogP contribution in [0.15, 0.2) is 175 Å². The van der Waals surface area contributed by atoms with E-state index < -0.39 is 0 Å². The van der Waals surface area contributed by atoms with Gasteiger partial charge < -0.3 is 13.6 Å². The molecule has 3 nitrogen and oxygen atoms in total. The molecule has 0 N–H and O–H groups in total. The molecule has 0 amide bonds. The molecule has 0 bridgehead atoms. The zero-order chi connectivity index (χ0) is 34.8. The Morgan fingerprint density at radius 1 is 0.481 bits per heavy atom. The zero-order valence-corrected chi connectivity index (χ0v) is 28.8. The third-order valence-corrected chi connectivity index (χ3v) is 10.4. The molecule has 0 fully saturated rings. The second-order valence-electron chi connectivity index (χ2n) is 13.3. The van der Waals surface area contributed by atoms with Crippen molar-refractivity contribution in [2.45, 2.75) is 6.92 Å². The smallest absolute Gasteiger partial charge is 0.143 e. The van der Waals surface area contributed by atoms with Gasteiger partial charge in [-0.2, -0.15) is 0 Å². The standard InChI is InChI=1S/C49H34N2O/c1-3-13-48-37(4-2)41-19-12-18-38(49(41)52-48)32-22-26-36(27-23-32)51-45-21-11-9-17-40(45)43-31-34(25-29-47(43)51)33-24-28-46-42(30-33)39-16-8-10-20-44(39)50(46)35-14-6-5-7-15-35/h3-31H,2H2,1H3. The van der Waals surface area contributed by atoms with Crippen molar-refractivity contribution in [2.75, 3.05) is 0 Å². The number of benzene rings is 7. The molecule has 0 aliphatic heterocycles. The van der Waals surface area contributed by atoms with Crippen LogP contribution < -0.4 is 0 Å². The van der Waals surface area contributed by atoms with E-state index in [0.717, 1.165) is 39.1 Å². The lowest BCUT2D eigenvalue weighted by Crippen LogP contribution is -1.94. The summed E-state index contributed by atoms with van der Waals surface area (Å²) in [6.45, 7) is 6.05. The molecule has 3 aromatic heterocycles. The number of allylic oxidation sites excluding steroid dienone is 1. The molecule has 0 aliphatic carbocycles. The quantitative estimate of drug-likeness (QED) is 0.173. The van der Waals surface area contributed by atoms with Gasteiger partial charge in [-0.1, -0.05) is 116 Å². The lowest BCUT2D eigenvalue weighted by molar-refractivity contribution is 0.604. The Bertz CT molecular complexity index is 3020. The highest BCUT2D eigenvalue weighted by molar-refractivity contribution is 6.12. The molecule has 246 valence electrons. The van der Waals surface area contributed by atoms with Gasteiger partial charge in [0.1, 0.15) is 11.3 Å². The van der Waals surface area contributed by atoms with Crippen LogP contribution in [0.5, 0.6) is 0 Å². The normalized spacial score (nSPS) is 11.9. The number of hydrogen-bond acceptors (Lipinski definition) is 1. The van der Waals surface area contributed by atoms with E-state index in [1.807, 2.05) is 25.2 Å². The lowest BCUT2D eigenvalue weighted by Gasteiger charge is -2.10. The SMILES string of the molecule is C=Cc1c(C=CC)oc2c(-c3ccc(-n4c5ccccc5c5cc(-c6ccc7c(c6)c6ccccc6n7-c6ccccc6)ccc54)cc3)cccc12. The molecule has 10 rings (SSSR count). The predicted octanol–water partition coefficient (Wildman–Crippen LogP) is 13.6. The maximum Gasteiger partial charge on any atom is 0.143 e. The fourth-order valence-electron chi connectivity index (χ4n) is 8.10. The number of fused-ring (bicyclic) bond motifs is 7. The Hall–Kier alpha value is -6.84. The maximum absolute atomic E-state index is 6.38. The van der Waals surface area contributed by atoms with Crippen LogP contribution in [0.25, 0.3) is 100 Å². The topological polar surface area (TPSA) is 23.0 Å². The molecular formula is C49H34N2O. The zero-order valence-electron chi connectivity index (χ0n) is 28.8. The number of nitrogens with zero attached hydrogens (tertiary/aromatic N) is 2. The van der Waals surface area contributed by atoms with Gasteiger partial charge in [-0.05, 0) is 90.4 Å². The Kier molecular flexibility index (Phi) is 6.87. The minimum atomic E-state index is 0.833. The predicted molar refractivity (Wildman–Crippen MR) is 221 cm³/mol. The van der Waals surface area contributed by atoms with Gasteiger partial charge in [0.25, 0.3) is 0 Å². The first-order valence-corrected chi connectivity index (χ1v) is 17.8. The average molecular weight is 667 g/mol. The van der Waals surface area contributed by atoms with Gasteiger partial charge >= 0.3 is 0 Å². The molecule has 0 unspecified atom stereocenters. The van der Waals surface area contributed by atoms with Gasteiger partial charge in [-0.15, -0.1) is 0 Å². The van der Waals surface area contributed by atoms with Crippen molar-refractivity contribution < 1.29 is 4.42 Å². The van der Waals surface area contributed by atoms with E-state index in [4.69, 9.17) is 4.42 Å². The van der Waals surface area contributed by atoms with Gasteiger partial charge in [0.15, 0.2) is 0 Å². The third-order valence-electron chi connectivity index (χ3n) is 10.4. The molecule has 3 heterocycles. The summed E-state index contributed by atoms with van der Waals surface area (Å²) in [7, 11) is 0. The first kappa shape index (κ1) is 30.0. The summed E-state index contributed by atoms with van der Waals surface area (Å²) in [6.07, 6.45) is 5.88. The van der Waals surface area contributed by atoms with Crippen LogP contribution in [0.1, 0.15) is 18.2 Å². The van der Waals surface area contributed by atoms with Crippen LogP contribution in [0.2, 0.25) is 0 Å². The van der Waals surface area contributed by atoms with Crippen LogP contribution in [-0.2, 0) is 0 Å². The highest BCUT2D eigenvalue weighted by Gasteiger charge is 2.17. The van der Waals surface area contributed by atoms with Crippen molar-refractivity contribution in [3.05, 3.63) is 182 Å². The number of para-hydroxylation sites is 4. The first-order valence-electron chi connectivity index (χ1n) is 17.8. The third kappa shape index (κ3) is 4.53. The summed E-state index contributed by atoms with van der Waals surface area (Å²) < 4.78 is 11.1. The van der Waals surface area contributed by atoms with Gasteiger partial charge in [0.05, 0.1) is 22.1 Å². The van der Waals surface area contributed by atoms with E-state index in [-0.39, 0.29) is 0 Å². The summed E-state index contributed by atoms with van der Waals surface area (Å²) in [5, 5.41) is 6.05. The highest BCUT2D eigenvalue weighted by Crippen LogP contribution is 2.40. The molecule has 0 saturated heterocycles. The fourth-order valence-corrected chi connectivity index (χ4v) is 8.10. The van der Waals surface area contributed by atoms with E-state index in [1.54, 1.807) is 0 Å². The summed E-state index contributed by atoms with van der Waals surface area (Å²) in [6, 6.07) is 57.0. The first-order chi connectivity index (χ1) is 25.7. The molecule has 52 heavy (non-hydrogen) atoms. The van der Waals surface area contributed by atoms with Crippen molar-refractivity contribution in [2.24, 2.45) is 0 Å². The van der Waals surface area contributed by atoms with Gasteiger partial charge in [-0.25, -0.2) is 0 Å². The van der Waals surface area contributed by atoms with Crippen molar-refractivity contribution in [1.29, 1.82) is 0 Å². The van der Waals surface area contributed by atoms with E-state index >= 15 is 0 Å². The minimum Gasteiger partial charge on any atom is -0.455 e. The highest BCUT2D eigenvalue weighted by atomic mass is 16.3. The second kappa shape index (κ2) is 11.9. The lowest BCUT2D eigenvalue weighted by atomic mass is 10.0. The van der Waals surface area contributed by atoms with Gasteiger partial charge in [-0.3, -0.25) is 0 Å². The number of aromatic nitrogens is 2. The van der Waals surface area contributed by atoms with Crippen LogP contribution in [-0.4, -0.2) is 9.13 Å². The molecule has 0 saturated carbocycles. The second-order valence-corrected chi connectivity index (χ2v) is 13.3. The van der Waals surface area contributed by atoms with Crippen molar-refractivity contribution in [3.8, 4) is 33.6 Å². The van der Waals surface area contributed by atoms with Crippen LogP contribution in [0, 0.1) is 0 Å². The Morgan fingerprint density at radius 2 is 1.00 bits per heavy atom. The van der Waals surface area contributed by atoms with Crippen molar-refractivity contribution in [3.63, 3.8) is 0 Å². The molecule has 0 atom stereocenters. The van der Waals surface area contributed by atoms with E-state index in [0.29, 0.717) is 0 Å². The molecule has 3 heteroatoms. The molecular weight excluding hydrogens is 633 g/mol. The Balaban J connectivity index is 1.09. The molecule has 0 spiro atoms. The summed E-state index contributed by atoms with van der Waals surface area (Å²) >= 11 is 0. The average Bonchev–Trinajstić information content (AvgIpc) is 3.85. The summed E-state index contributed by atoms with van der Waals surface area (Å²) in [5.74, 6) is 0.833. The van der Waals surface area contributed by atoms with Crippen molar-refractivity contribution >= 4 is 66.7 Å². The van der Waals surface area contributed by atoms with Gasteiger partial charge in [0.2, 0.25) is 0 Å². The summed E-state index contributed by atoms with van der Waals surface area (Å²) in [5.41, 5.74) is 13.6. The number of rotatable bonds is 6. The monoisotopic (exact) mass is 666 g/mol. The van der Waals surface area contributed by atoms with E-state index in [2.05, 4.69) is 173 Å². The summed E-state index contributed by atoms with van der Waals surface area (Å²) in [4.78, 5) is 0. The Labute approximate surface area is 301 Å². The molecule has 10 aromatic rings. The molecule has 0 radical (unpaired) electrons. The maximum atomic E-state index is 6.38. The van der Waals surface area contributed by atoms with Crippen LogP contribution in [0.4, 0.5) is 0 Å². The van der Waals surface area contributed by atoms with Gasteiger partial charge in [0, 0.05) is 49.4 Å². The molecule has 0 aliphatic rings. The molecule has 7 aromatic carbocycles. The number of furan rings is 1. The van der Waals surface area contributed by atoms with Crippen LogP contribution in [0.3, 0.4) is 0 Å². The van der Waals surface area contributed by atoms with Crippen LogP contribution >= 0.6 is 0 Å². The number of hydrogen-bond donors (Lipinski definition) is 0. The fraction of sp³-hybridized carbons (Fsp3) is 0.0204. The minimum absolute atomic E-state index is 0.833. The largest absolute Gasteiger partial charge is 0.455 e. The van der Waals surface area contributed by atoms with E-state index in [9.17, 15) is 0 Å². The van der Waals surface area contributed by atoms with E-state index in [1.165, 1.54) is 60.4 Å². The Morgan fingerprint density at radius 3 is 1.60 bits per heavy atom.